The van der Waals surface area contributed by atoms with Gasteiger partial charge in [0.1, 0.15) is 5.75 Å². The Morgan fingerprint density at radius 2 is 2.12 bits per heavy atom. The Bertz CT molecular complexity index is 434. The lowest BCUT2D eigenvalue weighted by Crippen LogP contribution is -2.15. The fourth-order valence-electron chi connectivity index (χ4n) is 2.23. The fourth-order valence-corrected chi connectivity index (χ4v) is 3.46. The molecule has 92 valence electrons. The van der Waals surface area contributed by atoms with Gasteiger partial charge in [-0.2, -0.15) is 11.8 Å². The zero-order chi connectivity index (χ0) is 12.4. The minimum atomic E-state index is 0.168. The SMILES string of the molecule is COc1cc(C)c(C(=O)C2CCCS2)cc1C. The van der Waals surface area contributed by atoms with E-state index in [0.29, 0.717) is 0 Å². The number of Topliss-reactive ketones (excluding diaryl/α,β-unsaturated/α-hetero) is 1. The Morgan fingerprint density at radius 1 is 1.35 bits per heavy atom. The molecule has 1 aliphatic rings. The highest BCUT2D eigenvalue weighted by Crippen LogP contribution is 2.31. The van der Waals surface area contributed by atoms with Crippen LogP contribution < -0.4 is 4.74 Å². The topological polar surface area (TPSA) is 26.3 Å². The molecule has 1 atom stereocenters. The molecule has 0 aliphatic carbocycles. The van der Waals surface area contributed by atoms with Gasteiger partial charge in [-0.05, 0) is 55.7 Å². The average Bonchev–Trinajstić information content (AvgIpc) is 2.84. The van der Waals surface area contributed by atoms with Crippen molar-refractivity contribution in [3.8, 4) is 5.75 Å². The van der Waals surface area contributed by atoms with E-state index in [1.807, 2.05) is 26.0 Å². The quantitative estimate of drug-likeness (QED) is 0.769. The lowest BCUT2D eigenvalue weighted by Gasteiger charge is -2.13. The first-order chi connectivity index (χ1) is 8.13. The van der Waals surface area contributed by atoms with Gasteiger partial charge < -0.3 is 4.74 Å². The number of ether oxygens (including phenoxy) is 1. The zero-order valence-electron chi connectivity index (χ0n) is 10.6. The summed E-state index contributed by atoms with van der Waals surface area (Å²) in [7, 11) is 1.66. The third kappa shape index (κ3) is 2.49. The van der Waals surface area contributed by atoms with E-state index < -0.39 is 0 Å². The molecule has 1 aliphatic heterocycles. The van der Waals surface area contributed by atoms with Crippen LogP contribution in [0, 0.1) is 13.8 Å². The Balaban J connectivity index is 2.31. The van der Waals surface area contributed by atoms with Crippen LogP contribution in [-0.2, 0) is 0 Å². The van der Waals surface area contributed by atoms with Crippen LogP contribution in [0.5, 0.6) is 5.75 Å². The molecule has 1 heterocycles. The van der Waals surface area contributed by atoms with Crippen molar-refractivity contribution in [3.63, 3.8) is 0 Å². The summed E-state index contributed by atoms with van der Waals surface area (Å²) in [6.07, 6.45) is 2.18. The van der Waals surface area contributed by atoms with E-state index in [0.717, 1.165) is 41.0 Å². The van der Waals surface area contributed by atoms with Crippen molar-refractivity contribution in [1.29, 1.82) is 0 Å². The summed E-state index contributed by atoms with van der Waals surface area (Å²) in [5.74, 6) is 2.26. The second-order valence-corrected chi connectivity index (χ2v) is 5.81. The van der Waals surface area contributed by atoms with Crippen molar-refractivity contribution in [2.24, 2.45) is 0 Å². The van der Waals surface area contributed by atoms with Gasteiger partial charge >= 0.3 is 0 Å². The first-order valence-electron chi connectivity index (χ1n) is 5.94. The monoisotopic (exact) mass is 250 g/mol. The Kier molecular flexibility index (Phi) is 3.77. The summed E-state index contributed by atoms with van der Waals surface area (Å²) < 4.78 is 5.27. The molecule has 2 nitrogen and oxygen atoms in total. The molecular formula is C14H18O2S. The number of carbonyl (C=O) groups excluding carboxylic acids is 1. The van der Waals surface area contributed by atoms with E-state index in [1.165, 1.54) is 0 Å². The number of thioether (sulfide) groups is 1. The first kappa shape index (κ1) is 12.5. The molecule has 1 unspecified atom stereocenters. The van der Waals surface area contributed by atoms with Crippen molar-refractivity contribution >= 4 is 17.5 Å². The molecule has 1 fully saturated rings. The lowest BCUT2D eigenvalue weighted by atomic mass is 9.98. The second-order valence-electron chi connectivity index (χ2n) is 4.50. The van der Waals surface area contributed by atoms with E-state index in [1.54, 1.807) is 18.9 Å². The molecule has 1 saturated heterocycles. The number of methoxy groups -OCH3 is 1. The van der Waals surface area contributed by atoms with Gasteiger partial charge in [-0.3, -0.25) is 4.79 Å². The van der Waals surface area contributed by atoms with Crippen LogP contribution in [0.3, 0.4) is 0 Å². The standard InChI is InChI=1S/C14H18O2S/c1-9-8-12(16-3)10(2)7-11(9)14(15)13-5-4-6-17-13/h7-8,13H,4-6H2,1-3H3. The maximum atomic E-state index is 12.4. The average molecular weight is 250 g/mol. The third-order valence-corrected chi connectivity index (χ3v) is 4.61. The van der Waals surface area contributed by atoms with Gasteiger partial charge in [-0.1, -0.05) is 0 Å². The van der Waals surface area contributed by atoms with E-state index >= 15 is 0 Å². The van der Waals surface area contributed by atoms with Crippen LogP contribution in [0.1, 0.15) is 34.3 Å². The number of hydrogen-bond acceptors (Lipinski definition) is 3. The molecule has 3 heteroatoms. The van der Waals surface area contributed by atoms with Gasteiger partial charge in [0.2, 0.25) is 0 Å². The summed E-state index contributed by atoms with van der Waals surface area (Å²) >= 11 is 1.79. The predicted molar refractivity (Wildman–Crippen MR) is 72.3 cm³/mol. The van der Waals surface area contributed by atoms with Gasteiger partial charge in [0.25, 0.3) is 0 Å². The maximum absolute atomic E-state index is 12.4. The predicted octanol–water partition coefficient (Wildman–Crippen LogP) is 3.39. The fraction of sp³-hybridized carbons (Fsp3) is 0.500. The number of hydrogen-bond donors (Lipinski definition) is 0. The van der Waals surface area contributed by atoms with E-state index in [4.69, 9.17) is 4.74 Å². The molecule has 0 radical (unpaired) electrons. The summed E-state index contributed by atoms with van der Waals surface area (Å²) in [6, 6.07) is 3.93. The summed E-state index contributed by atoms with van der Waals surface area (Å²) in [4.78, 5) is 12.4. The van der Waals surface area contributed by atoms with Gasteiger partial charge in [0.05, 0.1) is 12.4 Å². The van der Waals surface area contributed by atoms with Gasteiger partial charge in [0.15, 0.2) is 5.78 Å². The van der Waals surface area contributed by atoms with Gasteiger partial charge in [-0.25, -0.2) is 0 Å². The van der Waals surface area contributed by atoms with Gasteiger partial charge in [0, 0.05) is 5.56 Å². The molecular weight excluding hydrogens is 232 g/mol. The van der Waals surface area contributed by atoms with Crippen molar-refractivity contribution in [1.82, 2.24) is 0 Å². The molecule has 0 spiro atoms. The Labute approximate surface area is 107 Å². The molecule has 1 aromatic rings. The van der Waals surface area contributed by atoms with Crippen molar-refractivity contribution in [3.05, 3.63) is 28.8 Å². The van der Waals surface area contributed by atoms with Crippen LogP contribution >= 0.6 is 11.8 Å². The van der Waals surface area contributed by atoms with Crippen LogP contribution in [-0.4, -0.2) is 23.9 Å². The van der Waals surface area contributed by atoms with Crippen LogP contribution in [0.15, 0.2) is 12.1 Å². The summed E-state index contributed by atoms with van der Waals surface area (Å²) in [5.41, 5.74) is 2.91. The minimum absolute atomic E-state index is 0.168. The Hall–Kier alpha value is -0.960. The molecule has 0 N–H and O–H groups in total. The first-order valence-corrected chi connectivity index (χ1v) is 6.99. The molecule has 0 amide bonds. The highest BCUT2D eigenvalue weighted by molar-refractivity contribution is 8.00. The minimum Gasteiger partial charge on any atom is -0.496 e. The van der Waals surface area contributed by atoms with Crippen molar-refractivity contribution in [2.45, 2.75) is 31.9 Å². The molecule has 2 rings (SSSR count). The van der Waals surface area contributed by atoms with E-state index in [2.05, 4.69) is 0 Å². The highest BCUT2D eigenvalue weighted by atomic mass is 32.2. The van der Waals surface area contributed by atoms with E-state index in [-0.39, 0.29) is 11.0 Å². The lowest BCUT2D eigenvalue weighted by molar-refractivity contribution is 0.0988. The van der Waals surface area contributed by atoms with Crippen molar-refractivity contribution < 1.29 is 9.53 Å². The number of carbonyl (C=O) groups is 1. The second kappa shape index (κ2) is 5.13. The number of ketones is 1. The highest BCUT2D eigenvalue weighted by Gasteiger charge is 2.25. The third-order valence-electron chi connectivity index (χ3n) is 3.23. The normalized spacial score (nSPS) is 19.4. The zero-order valence-corrected chi connectivity index (χ0v) is 11.4. The summed E-state index contributed by atoms with van der Waals surface area (Å²) in [6.45, 7) is 3.96. The van der Waals surface area contributed by atoms with Crippen molar-refractivity contribution in [2.75, 3.05) is 12.9 Å². The molecule has 1 aromatic carbocycles. The molecule has 0 saturated carbocycles. The largest absolute Gasteiger partial charge is 0.496 e. The molecule has 0 bridgehead atoms. The molecule has 17 heavy (non-hydrogen) atoms. The number of benzene rings is 1. The smallest absolute Gasteiger partial charge is 0.176 e. The maximum Gasteiger partial charge on any atom is 0.176 e. The van der Waals surface area contributed by atoms with Crippen LogP contribution in [0.4, 0.5) is 0 Å². The number of rotatable bonds is 3. The number of aryl methyl sites for hydroxylation is 2. The van der Waals surface area contributed by atoms with Crippen LogP contribution in [0.25, 0.3) is 0 Å². The molecule has 0 aromatic heterocycles. The van der Waals surface area contributed by atoms with Crippen LogP contribution in [0.2, 0.25) is 0 Å². The summed E-state index contributed by atoms with van der Waals surface area (Å²) in [5, 5.41) is 0.168. The van der Waals surface area contributed by atoms with Gasteiger partial charge in [-0.15, -0.1) is 0 Å². The van der Waals surface area contributed by atoms with E-state index in [9.17, 15) is 4.79 Å². The Morgan fingerprint density at radius 3 is 2.71 bits per heavy atom.